The molecule has 20 heavy (non-hydrogen) atoms. The summed E-state index contributed by atoms with van der Waals surface area (Å²) in [6.07, 6.45) is 4.51. The number of carbonyl (C=O) groups is 1. The lowest BCUT2D eigenvalue weighted by molar-refractivity contribution is -0.862. The van der Waals surface area contributed by atoms with Crippen LogP contribution in [0.1, 0.15) is 36.0 Å². The standard InChI is InChI=1S/C16H22ClNO2/c1-18(2)11-12-7-3-6-10-15(12)20-16(19)13-8-4-5-9-14(13)17/h4-5,8-9,12,15H,3,6-7,10-11H2,1-2H3/p+1/t12-,15-/m0/s1. The molecule has 110 valence electrons. The van der Waals surface area contributed by atoms with Gasteiger partial charge in [0.2, 0.25) is 0 Å². The van der Waals surface area contributed by atoms with Gasteiger partial charge in [0.25, 0.3) is 0 Å². The fraction of sp³-hybridized carbons (Fsp3) is 0.562. The first-order valence-corrected chi connectivity index (χ1v) is 7.70. The van der Waals surface area contributed by atoms with Gasteiger partial charge in [-0.2, -0.15) is 0 Å². The van der Waals surface area contributed by atoms with Crippen molar-refractivity contribution in [2.24, 2.45) is 5.92 Å². The summed E-state index contributed by atoms with van der Waals surface area (Å²) >= 11 is 6.05. The van der Waals surface area contributed by atoms with Crippen molar-refractivity contribution in [3.05, 3.63) is 34.9 Å². The van der Waals surface area contributed by atoms with E-state index in [1.54, 1.807) is 12.1 Å². The van der Waals surface area contributed by atoms with Gasteiger partial charge in [0.05, 0.1) is 31.2 Å². The summed E-state index contributed by atoms with van der Waals surface area (Å²) in [6.45, 7) is 1.04. The molecule has 3 nitrogen and oxygen atoms in total. The number of benzene rings is 1. The van der Waals surface area contributed by atoms with Gasteiger partial charge in [-0.05, 0) is 31.4 Å². The Labute approximate surface area is 125 Å². The summed E-state index contributed by atoms with van der Waals surface area (Å²) in [4.78, 5) is 13.7. The fourth-order valence-electron chi connectivity index (χ4n) is 2.91. The first-order valence-electron chi connectivity index (χ1n) is 7.32. The van der Waals surface area contributed by atoms with Crippen molar-refractivity contribution in [3.8, 4) is 0 Å². The highest BCUT2D eigenvalue weighted by molar-refractivity contribution is 6.33. The van der Waals surface area contributed by atoms with Crippen LogP contribution in [0.5, 0.6) is 0 Å². The predicted molar refractivity (Wildman–Crippen MR) is 80.3 cm³/mol. The number of ether oxygens (including phenoxy) is 1. The summed E-state index contributed by atoms with van der Waals surface area (Å²) in [6, 6.07) is 7.07. The molecular formula is C16H23ClNO2+. The topological polar surface area (TPSA) is 30.7 Å². The Kier molecular flexibility index (Phi) is 5.44. The fourth-order valence-corrected chi connectivity index (χ4v) is 3.13. The lowest BCUT2D eigenvalue weighted by atomic mass is 9.86. The zero-order valence-electron chi connectivity index (χ0n) is 12.2. The SMILES string of the molecule is C[NH+](C)C[C@@H]1CCCC[C@@H]1OC(=O)c1ccccc1Cl. The molecule has 1 aliphatic carbocycles. The molecular weight excluding hydrogens is 274 g/mol. The maximum Gasteiger partial charge on any atom is 0.339 e. The maximum atomic E-state index is 12.3. The van der Waals surface area contributed by atoms with Crippen LogP contribution in [0.3, 0.4) is 0 Å². The van der Waals surface area contributed by atoms with Crippen LogP contribution in [0.4, 0.5) is 0 Å². The maximum absolute atomic E-state index is 12.3. The molecule has 1 aromatic carbocycles. The Hall–Kier alpha value is -1.06. The third-order valence-corrected chi connectivity index (χ3v) is 4.19. The summed E-state index contributed by atoms with van der Waals surface area (Å²) < 4.78 is 5.74. The van der Waals surface area contributed by atoms with E-state index in [4.69, 9.17) is 16.3 Å². The molecule has 4 heteroatoms. The zero-order valence-corrected chi connectivity index (χ0v) is 13.0. The van der Waals surface area contributed by atoms with E-state index < -0.39 is 0 Å². The zero-order chi connectivity index (χ0) is 14.5. The lowest BCUT2D eigenvalue weighted by Gasteiger charge is -2.31. The van der Waals surface area contributed by atoms with Crippen LogP contribution < -0.4 is 4.90 Å². The van der Waals surface area contributed by atoms with E-state index in [0.717, 1.165) is 25.8 Å². The molecule has 0 aromatic heterocycles. The minimum absolute atomic E-state index is 0.0300. The molecule has 0 bridgehead atoms. The van der Waals surface area contributed by atoms with Gasteiger partial charge >= 0.3 is 5.97 Å². The van der Waals surface area contributed by atoms with Crippen molar-refractivity contribution in [1.82, 2.24) is 0 Å². The van der Waals surface area contributed by atoms with Gasteiger partial charge in [-0.25, -0.2) is 4.79 Å². The van der Waals surface area contributed by atoms with Crippen LogP contribution in [0.15, 0.2) is 24.3 Å². The highest BCUT2D eigenvalue weighted by Crippen LogP contribution is 2.27. The number of nitrogens with one attached hydrogen (secondary N) is 1. The minimum Gasteiger partial charge on any atom is -0.458 e. The molecule has 0 unspecified atom stereocenters. The van der Waals surface area contributed by atoms with Gasteiger partial charge in [-0.1, -0.05) is 30.2 Å². The molecule has 0 saturated heterocycles. The molecule has 1 fully saturated rings. The second-order valence-corrected chi connectivity index (χ2v) is 6.29. The normalized spacial score (nSPS) is 22.8. The van der Waals surface area contributed by atoms with Crippen LogP contribution in [0, 0.1) is 5.92 Å². The van der Waals surface area contributed by atoms with Crippen LogP contribution in [-0.2, 0) is 4.74 Å². The van der Waals surface area contributed by atoms with Gasteiger partial charge in [-0.15, -0.1) is 0 Å². The third kappa shape index (κ3) is 3.97. The van der Waals surface area contributed by atoms with Crippen molar-refractivity contribution in [3.63, 3.8) is 0 Å². The van der Waals surface area contributed by atoms with Crippen molar-refractivity contribution < 1.29 is 14.4 Å². The van der Waals surface area contributed by atoms with E-state index in [9.17, 15) is 4.79 Å². The van der Waals surface area contributed by atoms with Crippen molar-refractivity contribution in [2.45, 2.75) is 31.8 Å². The van der Waals surface area contributed by atoms with Gasteiger partial charge in [0.15, 0.2) is 0 Å². The molecule has 0 radical (unpaired) electrons. The molecule has 1 saturated carbocycles. The highest BCUT2D eigenvalue weighted by Gasteiger charge is 2.30. The monoisotopic (exact) mass is 296 g/mol. The number of hydrogen-bond acceptors (Lipinski definition) is 2. The summed E-state index contributed by atoms with van der Waals surface area (Å²) in [7, 11) is 4.28. The highest BCUT2D eigenvalue weighted by atomic mass is 35.5. The van der Waals surface area contributed by atoms with Gasteiger partial charge in [0.1, 0.15) is 6.10 Å². The Morgan fingerprint density at radius 2 is 2.00 bits per heavy atom. The number of rotatable bonds is 4. The quantitative estimate of drug-likeness (QED) is 0.864. The van der Waals surface area contributed by atoms with E-state index >= 15 is 0 Å². The minimum atomic E-state index is -0.291. The van der Waals surface area contributed by atoms with E-state index in [0.29, 0.717) is 16.5 Å². The molecule has 0 spiro atoms. The lowest BCUT2D eigenvalue weighted by Crippen LogP contribution is -3.06. The molecule has 1 aliphatic rings. The molecule has 2 rings (SSSR count). The second kappa shape index (κ2) is 7.09. The Morgan fingerprint density at radius 3 is 2.70 bits per heavy atom. The molecule has 0 heterocycles. The average Bonchev–Trinajstić information content (AvgIpc) is 2.41. The third-order valence-electron chi connectivity index (χ3n) is 3.86. The van der Waals surface area contributed by atoms with Crippen LogP contribution in [0.2, 0.25) is 5.02 Å². The number of esters is 1. The largest absolute Gasteiger partial charge is 0.458 e. The summed E-state index contributed by atoms with van der Waals surface area (Å²) in [5.41, 5.74) is 0.468. The van der Waals surface area contributed by atoms with E-state index in [1.165, 1.54) is 11.3 Å². The first-order chi connectivity index (χ1) is 9.58. The molecule has 2 atom stereocenters. The summed E-state index contributed by atoms with van der Waals surface area (Å²) in [5.74, 6) is 0.168. The van der Waals surface area contributed by atoms with Crippen LogP contribution in [-0.4, -0.2) is 32.7 Å². The first kappa shape index (κ1) is 15.3. The van der Waals surface area contributed by atoms with E-state index in [2.05, 4.69) is 14.1 Å². The molecule has 1 N–H and O–H groups in total. The van der Waals surface area contributed by atoms with Crippen molar-refractivity contribution in [2.75, 3.05) is 20.6 Å². The Morgan fingerprint density at radius 1 is 1.30 bits per heavy atom. The van der Waals surface area contributed by atoms with E-state index in [1.807, 2.05) is 12.1 Å². The van der Waals surface area contributed by atoms with Gasteiger partial charge < -0.3 is 9.64 Å². The smallest absolute Gasteiger partial charge is 0.339 e. The van der Waals surface area contributed by atoms with Crippen molar-refractivity contribution in [1.29, 1.82) is 0 Å². The second-order valence-electron chi connectivity index (χ2n) is 5.88. The van der Waals surface area contributed by atoms with Gasteiger partial charge in [0, 0.05) is 5.92 Å². The Bertz CT molecular complexity index is 462. The predicted octanol–water partition coefficient (Wildman–Crippen LogP) is 2.20. The molecule has 0 amide bonds. The average molecular weight is 297 g/mol. The Balaban J connectivity index is 2.03. The van der Waals surface area contributed by atoms with Crippen LogP contribution in [0.25, 0.3) is 0 Å². The molecule has 0 aliphatic heterocycles. The molecule has 1 aromatic rings. The van der Waals surface area contributed by atoms with E-state index in [-0.39, 0.29) is 12.1 Å². The number of carbonyl (C=O) groups excluding carboxylic acids is 1. The summed E-state index contributed by atoms with van der Waals surface area (Å²) in [5, 5.41) is 0.461. The number of hydrogen-bond donors (Lipinski definition) is 1. The van der Waals surface area contributed by atoms with Crippen LogP contribution >= 0.6 is 11.6 Å². The van der Waals surface area contributed by atoms with Crippen molar-refractivity contribution >= 4 is 17.6 Å². The number of halogens is 1. The van der Waals surface area contributed by atoms with Gasteiger partial charge in [-0.3, -0.25) is 0 Å². The number of quaternary nitrogens is 1.